The average Bonchev–Trinajstić information content (AvgIpc) is 4.11. The van der Waals surface area contributed by atoms with Crippen molar-refractivity contribution in [2.45, 2.75) is 46.0 Å². The van der Waals surface area contributed by atoms with Crippen LogP contribution in [0.15, 0.2) is 180 Å². The zero-order valence-corrected chi connectivity index (χ0v) is 32.8. The lowest BCUT2D eigenvalue weighted by molar-refractivity contribution is 1.16. The van der Waals surface area contributed by atoms with Gasteiger partial charge in [0.2, 0.25) is 0 Å². The molecule has 0 radical (unpaired) electrons. The molecule has 0 aromatic heterocycles. The molecule has 9 aromatic rings. The second-order valence-electron chi connectivity index (χ2n) is 15.5. The van der Waals surface area contributed by atoms with Crippen molar-refractivity contribution in [1.29, 1.82) is 0 Å². The van der Waals surface area contributed by atoms with Gasteiger partial charge in [-0.2, -0.15) is 0 Å². The normalized spacial score (nSPS) is 14.1. The van der Waals surface area contributed by atoms with Crippen molar-refractivity contribution in [2.24, 2.45) is 9.98 Å². The summed E-state index contributed by atoms with van der Waals surface area (Å²) < 4.78 is 0. The number of allylic oxidation sites excluding steroid dienone is 1. The molecular formula is C55H44N2. The van der Waals surface area contributed by atoms with Crippen LogP contribution in [0.3, 0.4) is 0 Å². The van der Waals surface area contributed by atoms with Crippen LogP contribution in [0.1, 0.15) is 66.8 Å². The van der Waals surface area contributed by atoms with E-state index in [-0.39, 0.29) is 0 Å². The molecule has 1 saturated carbocycles. The molecule has 274 valence electrons. The molecule has 2 heteroatoms. The lowest BCUT2D eigenvalue weighted by atomic mass is 9.84. The molecule has 9 aromatic carbocycles. The maximum absolute atomic E-state index is 5.38. The smallest absolute Gasteiger partial charge is 0.160 e. The van der Waals surface area contributed by atoms with Crippen LogP contribution in [0, 0.1) is 6.92 Å². The minimum absolute atomic E-state index is 0.636. The molecule has 2 nitrogen and oxygen atoms in total. The van der Waals surface area contributed by atoms with Crippen LogP contribution in [0.5, 0.6) is 0 Å². The SMILES string of the molecule is CC/C=C(/N=C(N=C(C)c1ccccc1)c1ccc(-c2ccc3c(c2)c2cccc(C)c2c2c(C4CC4)cc4ccccc4c32)c2ccccc12)c1ccccc1. The lowest BCUT2D eigenvalue weighted by Gasteiger charge is -2.19. The van der Waals surface area contributed by atoms with Crippen molar-refractivity contribution in [3.05, 3.63) is 198 Å². The highest BCUT2D eigenvalue weighted by molar-refractivity contribution is 6.33. The summed E-state index contributed by atoms with van der Waals surface area (Å²) in [7, 11) is 0. The lowest BCUT2D eigenvalue weighted by Crippen LogP contribution is -2.05. The molecule has 57 heavy (non-hydrogen) atoms. The second-order valence-corrected chi connectivity index (χ2v) is 15.5. The summed E-state index contributed by atoms with van der Waals surface area (Å²) in [4.78, 5) is 10.7. The molecule has 0 N–H and O–H groups in total. The van der Waals surface area contributed by atoms with E-state index in [1.807, 2.05) is 6.07 Å². The zero-order valence-electron chi connectivity index (χ0n) is 32.8. The Labute approximate surface area is 334 Å². The van der Waals surface area contributed by atoms with Crippen molar-refractivity contribution in [1.82, 2.24) is 0 Å². The molecular weight excluding hydrogens is 689 g/mol. The number of aliphatic imine (C=N–C) groups is 2. The van der Waals surface area contributed by atoms with E-state index in [0.717, 1.165) is 39.9 Å². The first-order chi connectivity index (χ1) is 28.1. The Balaban J connectivity index is 1.21. The molecule has 1 aliphatic rings. The second kappa shape index (κ2) is 14.5. The van der Waals surface area contributed by atoms with Crippen LogP contribution in [0.2, 0.25) is 0 Å². The summed E-state index contributed by atoms with van der Waals surface area (Å²) in [6.45, 7) is 6.52. The Kier molecular flexibility index (Phi) is 8.83. The van der Waals surface area contributed by atoms with Crippen molar-refractivity contribution < 1.29 is 0 Å². The monoisotopic (exact) mass is 732 g/mol. The van der Waals surface area contributed by atoms with Crippen LogP contribution in [0.25, 0.3) is 70.7 Å². The summed E-state index contributed by atoms with van der Waals surface area (Å²) >= 11 is 0. The van der Waals surface area contributed by atoms with E-state index in [4.69, 9.17) is 9.98 Å². The predicted molar refractivity (Wildman–Crippen MR) is 246 cm³/mol. The average molecular weight is 733 g/mol. The molecule has 0 amide bonds. The van der Waals surface area contributed by atoms with E-state index in [0.29, 0.717) is 11.8 Å². The van der Waals surface area contributed by atoms with Gasteiger partial charge in [-0.3, -0.25) is 0 Å². The van der Waals surface area contributed by atoms with Gasteiger partial charge in [-0.05, 0) is 138 Å². The van der Waals surface area contributed by atoms with Crippen molar-refractivity contribution >= 4 is 71.1 Å². The first-order valence-electron chi connectivity index (χ1n) is 20.3. The molecule has 0 aliphatic heterocycles. The highest BCUT2D eigenvalue weighted by Gasteiger charge is 2.28. The number of rotatable bonds is 7. The summed E-state index contributed by atoms with van der Waals surface area (Å²) in [6, 6.07) is 59.6. The summed E-state index contributed by atoms with van der Waals surface area (Å²) in [6.07, 6.45) is 5.60. The maximum Gasteiger partial charge on any atom is 0.160 e. The minimum Gasteiger partial charge on any atom is -0.233 e. The van der Waals surface area contributed by atoms with E-state index in [1.165, 1.54) is 83.6 Å². The van der Waals surface area contributed by atoms with Gasteiger partial charge in [0, 0.05) is 11.3 Å². The Bertz CT molecular complexity index is 3110. The fraction of sp³-hybridized carbons (Fsp3) is 0.127. The van der Waals surface area contributed by atoms with Crippen LogP contribution in [-0.2, 0) is 0 Å². The van der Waals surface area contributed by atoms with Gasteiger partial charge in [-0.25, -0.2) is 9.98 Å². The first kappa shape index (κ1) is 34.8. The molecule has 0 atom stereocenters. The van der Waals surface area contributed by atoms with Gasteiger partial charge in [0.05, 0.1) is 5.70 Å². The third kappa shape index (κ3) is 6.23. The van der Waals surface area contributed by atoms with Gasteiger partial charge in [-0.1, -0.05) is 165 Å². The molecule has 0 unspecified atom stereocenters. The number of hydrogen-bond donors (Lipinski definition) is 0. The van der Waals surface area contributed by atoms with Gasteiger partial charge in [-0.15, -0.1) is 0 Å². The first-order valence-corrected chi connectivity index (χ1v) is 20.3. The van der Waals surface area contributed by atoms with Gasteiger partial charge < -0.3 is 0 Å². The van der Waals surface area contributed by atoms with E-state index in [2.05, 4.69) is 185 Å². The van der Waals surface area contributed by atoms with Crippen LogP contribution < -0.4 is 0 Å². The minimum atomic E-state index is 0.636. The molecule has 1 aliphatic carbocycles. The number of aryl methyl sites for hydroxylation is 1. The number of amidine groups is 1. The highest BCUT2D eigenvalue weighted by atomic mass is 14.9. The van der Waals surface area contributed by atoms with Gasteiger partial charge >= 0.3 is 0 Å². The predicted octanol–water partition coefficient (Wildman–Crippen LogP) is 15.0. The molecule has 0 spiro atoms. The Morgan fingerprint density at radius 3 is 1.98 bits per heavy atom. The van der Waals surface area contributed by atoms with Crippen LogP contribution >= 0.6 is 0 Å². The van der Waals surface area contributed by atoms with E-state index in [1.54, 1.807) is 0 Å². The molecule has 10 rings (SSSR count). The quantitative estimate of drug-likeness (QED) is 0.0885. The largest absolute Gasteiger partial charge is 0.233 e. The standard InChI is InChI=1S/C55H44N2/c1-4-16-51(39-20-9-6-10-21-39)57-55(56-36(3)37-18-7-5-8-19-37)48-32-31-42(44-24-13-14-25-45(44)48)41-29-30-47-50(34-41)46-26-15-17-35(2)52(46)54-49(38-27-28-38)33-40-22-11-12-23-43(40)53(47)54/h5-26,29-34,38H,4,27-28H2,1-3H3/b51-16+,56-36?,57-55?. The van der Waals surface area contributed by atoms with Crippen molar-refractivity contribution in [3.8, 4) is 11.1 Å². The van der Waals surface area contributed by atoms with Crippen LogP contribution in [-0.4, -0.2) is 11.5 Å². The van der Waals surface area contributed by atoms with E-state index >= 15 is 0 Å². The summed E-state index contributed by atoms with van der Waals surface area (Å²) in [5.41, 5.74) is 10.3. The summed E-state index contributed by atoms with van der Waals surface area (Å²) in [5.74, 6) is 1.34. The maximum atomic E-state index is 5.38. The van der Waals surface area contributed by atoms with Gasteiger partial charge in [0.1, 0.15) is 0 Å². The Morgan fingerprint density at radius 2 is 1.23 bits per heavy atom. The molecule has 0 bridgehead atoms. The molecule has 0 heterocycles. The summed E-state index contributed by atoms with van der Waals surface area (Å²) in [5, 5.41) is 13.2. The number of fused-ring (bicyclic) bond motifs is 9. The molecule has 0 saturated heterocycles. The third-order valence-electron chi connectivity index (χ3n) is 11.8. The fourth-order valence-corrected chi connectivity index (χ4v) is 8.95. The topological polar surface area (TPSA) is 24.7 Å². The number of hydrogen-bond acceptors (Lipinski definition) is 1. The zero-order chi connectivity index (χ0) is 38.5. The highest BCUT2D eigenvalue weighted by Crippen LogP contribution is 2.50. The van der Waals surface area contributed by atoms with E-state index in [9.17, 15) is 0 Å². The van der Waals surface area contributed by atoms with Crippen LogP contribution in [0.4, 0.5) is 0 Å². The van der Waals surface area contributed by atoms with Crippen molar-refractivity contribution in [3.63, 3.8) is 0 Å². The Morgan fingerprint density at radius 1 is 0.561 bits per heavy atom. The Hall–Kier alpha value is -6.64. The van der Waals surface area contributed by atoms with Gasteiger partial charge in [0.15, 0.2) is 5.84 Å². The fourth-order valence-electron chi connectivity index (χ4n) is 8.95. The van der Waals surface area contributed by atoms with Gasteiger partial charge in [0.25, 0.3) is 0 Å². The number of nitrogens with zero attached hydrogens (tertiary/aromatic N) is 2. The number of benzene rings is 9. The van der Waals surface area contributed by atoms with Crippen molar-refractivity contribution in [2.75, 3.05) is 0 Å². The molecule has 1 fully saturated rings. The van der Waals surface area contributed by atoms with E-state index < -0.39 is 0 Å². The third-order valence-corrected chi connectivity index (χ3v) is 11.8.